The smallest absolute Gasteiger partial charge is 0.529 e. The van der Waals surface area contributed by atoms with E-state index in [9.17, 15) is 9.59 Å². The van der Waals surface area contributed by atoms with Crippen LogP contribution in [0.25, 0.3) is 0 Å². The van der Waals surface area contributed by atoms with Gasteiger partial charge in [0, 0.05) is 37.3 Å². The van der Waals surface area contributed by atoms with Gasteiger partial charge in [-0.3, -0.25) is 9.59 Å². The van der Waals surface area contributed by atoms with E-state index in [4.69, 9.17) is 9.31 Å². The van der Waals surface area contributed by atoms with Crippen LogP contribution in [0.2, 0.25) is 0 Å². The summed E-state index contributed by atoms with van der Waals surface area (Å²) in [7, 11) is 0.0544. The molecule has 0 atom stereocenters. The number of carbonyl (C=O) groups excluding carboxylic acids is 2. The van der Waals surface area contributed by atoms with E-state index in [1.165, 1.54) is 12.8 Å². The standard InChI is InChI=1S/C24H29BN2O4/c28-23(26-15-3-1-4-16-26)19-7-11-21(12-8-19)30-25-31-22-13-9-20(10-14-22)24(29)27-17-5-2-6-18-27/h7-14,25H,1-6,15-18H2. The molecule has 0 spiro atoms. The first kappa shape index (κ1) is 21.3. The van der Waals surface area contributed by atoms with Gasteiger partial charge in [0.25, 0.3) is 11.8 Å². The van der Waals surface area contributed by atoms with Crippen molar-refractivity contribution in [1.82, 2.24) is 9.80 Å². The van der Waals surface area contributed by atoms with E-state index in [0.717, 1.165) is 51.9 Å². The van der Waals surface area contributed by atoms with Crippen molar-refractivity contribution in [3.05, 3.63) is 59.7 Å². The number of nitrogens with zero attached hydrogens (tertiary/aromatic N) is 2. The molecule has 2 aliphatic heterocycles. The number of rotatable bonds is 6. The van der Waals surface area contributed by atoms with Crippen LogP contribution < -0.4 is 9.31 Å². The molecule has 2 saturated heterocycles. The normalized spacial score (nSPS) is 16.5. The molecule has 0 N–H and O–H groups in total. The Labute approximate surface area is 184 Å². The second kappa shape index (κ2) is 10.4. The van der Waals surface area contributed by atoms with E-state index in [1.54, 1.807) is 48.5 Å². The molecule has 2 amide bonds. The van der Waals surface area contributed by atoms with Crippen LogP contribution in [0.4, 0.5) is 0 Å². The lowest BCUT2D eigenvalue weighted by Crippen LogP contribution is -2.35. The molecule has 2 aromatic carbocycles. The minimum Gasteiger partial charge on any atom is -0.529 e. The van der Waals surface area contributed by atoms with Crippen LogP contribution >= 0.6 is 0 Å². The summed E-state index contributed by atoms with van der Waals surface area (Å²) >= 11 is 0. The van der Waals surface area contributed by atoms with Crippen molar-refractivity contribution in [3.8, 4) is 11.5 Å². The Balaban J connectivity index is 1.24. The van der Waals surface area contributed by atoms with E-state index in [1.807, 2.05) is 9.80 Å². The molecular formula is C24H29BN2O4. The van der Waals surface area contributed by atoms with Gasteiger partial charge in [-0.15, -0.1) is 0 Å². The fraction of sp³-hybridized carbons (Fsp3) is 0.417. The number of piperidine rings is 2. The molecule has 0 unspecified atom stereocenters. The van der Waals surface area contributed by atoms with Crippen molar-refractivity contribution in [2.45, 2.75) is 38.5 Å². The summed E-state index contributed by atoms with van der Waals surface area (Å²) in [6, 6.07) is 14.4. The van der Waals surface area contributed by atoms with Crippen molar-refractivity contribution >= 4 is 19.5 Å². The molecule has 162 valence electrons. The largest absolute Gasteiger partial charge is 0.576 e. The van der Waals surface area contributed by atoms with Gasteiger partial charge in [0.1, 0.15) is 11.5 Å². The van der Waals surface area contributed by atoms with Crippen molar-refractivity contribution in [2.24, 2.45) is 0 Å². The average Bonchev–Trinajstić information content (AvgIpc) is 2.85. The fourth-order valence-electron chi connectivity index (χ4n) is 4.11. The maximum Gasteiger partial charge on any atom is 0.576 e. The van der Waals surface area contributed by atoms with Crippen LogP contribution in [0.15, 0.2) is 48.5 Å². The maximum absolute atomic E-state index is 12.5. The summed E-state index contributed by atoms with van der Waals surface area (Å²) in [5.41, 5.74) is 1.37. The minimum atomic E-state index is 0.0544. The van der Waals surface area contributed by atoms with Gasteiger partial charge in [-0.2, -0.15) is 0 Å². The quantitative estimate of drug-likeness (QED) is 0.670. The molecule has 0 saturated carbocycles. The summed E-state index contributed by atoms with van der Waals surface area (Å²) in [6.07, 6.45) is 6.73. The molecule has 31 heavy (non-hydrogen) atoms. The topological polar surface area (TPSA) is 59.1 Å². The zero-order valence-electron chi connectivity index (χ0n) is 17.9. The minimum absolute atomic E-state index is 0.0544. The Morgan fingerprint density at radius 1 is 0.581 bits per heavy atom. The number of benzene rings is 2. The van der Waals surface area contributed by atoms with Crippen LogP contribution in [-0.4, -0.2) is 55.5 Å². The third kappa shape index (κ3) is 5.60. The molecule has 0 aliphatic carbocycles. The van der Waals surface area contributed by atoms with Crippen LogP contribution in [-0.2, 0) is 0 Å². The number of likely N-dealkylation sites (tertiary alicyclic amines) is 2. The third-order valence-corrected chi connectivity index (χ3v) is 5.94. The van der Waals surface area contributed by atoms with Gasteiger partial charge in [0.2, 0.25) is 0 Å². The van der Waals surface area contributed by atoms with E-state index >= 15 is 0 Å². The molecule has 2 heterocycles. The summed E-state index contributed by atoms with van der Waals surface area (Å²) in [5, 5.41) is 0. The molecular weight excluding hydrogens is 391 g/mol. The highest BCUT2D eigenvalue weighted by Crippen LogP contribution is 2.18. The number of hydrogen-bond acceptors (Lipinski definition) is 4. The van der Waals surface area contributed by atoms with Crippen LogP contribution in [0.1, 0.15) is 59.2 Å². The Kier molecular flexibility index (Phi) is 7.13. The SMILES string of the molecule is O=C(c1ccc(OBOc2ccc(C(=O)N3CCCCC3)cc2)cc1)N1CCCCC1. The van der Waals surface area contributed by atoms with Crippen molar-refractivity contribution in [1.29, 1.82) is 0 Å². The zero-order valence-corrected chi connectivity index (χ0v) is 17.9. The Bertz CT molecular complexity index is 800. The van der Waals surface area contributed by atoms with Crippen LogP contribution in [0.3, 0.4) is 0 Å². The molecule has 6 nitrogen and oxygen atoms in total. The molecule has 4 rings (SSSR count). The van der Waals surface area contributed by atoms with Gasteiger partial charge in [0.05, 0.1) is 0 Å². The lowest BCUT2D eigenvalue weighted by atomic mass is 10.1. The molecule has 0 radical (unpaired) electrons. The van der Waals surface area contributed by atoms with Gasteiger partial charge in [-0.05, 0) is 87.1 Å². The van der Waals surface area contributed by atoms with E-state index in [0.29, 0.717) is 22.6 Å². The molecule has 0 aromatic heterocycles. The first-order chi connectivity index (χ1) is 15.2. The first-order valence-electron chi connectivity index (χ1n) is 11.2. The lowest BCUT2D eigenvalue weighted by molar-refractivity contribution is 0.0717. The summed E-state index contributed by atoms with van der Waals surface area (Å²) in [5.74, 6) is 1.46. The predicted octanol–water partition coefficient (Wildman–Crippen LogP) is 3.66. The molecule has 7 heteroatoms. The van der Waals surface area contributed by atoms with Crippen molar-refractivity contribution in [2.75, 3.05) is 26.2 Å². The third-order valence-electron chi connectivity index (χ3n) is 5.94. The Morgan fingerprint density at radius 3 is 1.29 bits per heavy atom. The molecule has 2 fully saturated rings. The number of carbonyl (C=O) groups is 2. The second-order valence-corrected chi connectivity index (χ2v) is 8.16. The highest BCUT2D eigenvalue weighted by Gasteiger charge is 2.19. The maximum atomic E-state index is 12.5. The number of hydrogen-bond donors (Lipinski definition) is 0. The zero-order chi connectivity index (χ0) is 21.5. The van der Waals surface area contributed by atoms with Gasteiger partial charge >= 0.3 is 7.69 Å². The van der Waals surface area contributed by atoms with E-state index in [2.05, 4.69) is 0 Å². The van der Waals surface area contributed by atoms with Gasteiger partial charge in [-0.1, -0.05) is 0 Å². The highest BCUT2D eigenvalue weighted by atomic mass is 16.6. The average molecular weight is 420 g/mol. The fourth-order valence-corrected chi connectivity index (χ4v) is 4.11. The van der Waals surface area contributed by atoms with Gasteiger partial charge in [0.15, 0.2) is 0 Å². The van der Waals surface area contributed by atoms with Gasteiger partial charge < -0.3 is 19.1 Å². The number of amides is 2. The lowest BCUT2D eigenvalue weighted by Gasteiger charge is -2.26. The highest BCUT2D eigenvalue weighted by molar-refractivity contribution is 6.20. The Morgan fingerprint density at radius 2 is 0.935 bits per heavy atom. The first-order valence-corrected chi connectivity index (χ1v) is 11.2. The van der Waals surface area contributed by atoms with Crippen LogP contribution in [0, 0.1) is 0 Å². The van der Waals surface area contributed by atoms with Crippen molar-refractivity contribution < 1.29 is 18.9 Å². The predicted molar refractivity (Wildman–Crippen MR) is 121 cm³/mol. The van der Waals surface area contributed by atoms with Gasteiger partial charge in [-0.25, -0.2) is 0 Å². The Hall–Kier alpha value is -2.96. The summed E-state index contributed by atoms with van der Waals surface area (Å²) in [4.78, 5) is 28.9. The summed E-state index contributed by atoms with van der Waals surface area (Å²) < 4.78 is 11.3. The van der Waals surface area contributed by atoms with Crippen molar-refractivity contribution in [3.63, 3.8) is 0 Å². The van der Waals surface area contributed by atoms with E-state index in [-0.39, 0.29) is 19.5 Å². The van der Waals surface area contributed by atoms with E-state index < -0.39 is 0 Å². The summed E-state index contributed by atoms with van der Waals surface area (Å²) in [6.45, 7) is 3.36. The second-order valence-electron chi connectivity index (χ2n) is 8.16. The molecule has 2 aliphatic rings. The monoisotopic (exact) mass is 420 g/mol. The molecule has 2 aromatic rings. The van der Waals surface area contributed by atoms with Crippen LogP contribution in [0.5, 0.6) is 11.5 Å². The molecule has 0 bridgehead atoms.